The van der Waals surface area contributed by atoms with Gasteiger partial charge in [0, 0.05) is 18.1 Å². The second-order valence-electron chi connectivity index (χ2n) is 7.18. The Kier molecular flexibility index (Phi) is 6.67. The summed E-state index contributed by atoms with van der Waals surface area (Å²) in [5.74, 6) is -2.63. The molecule has 0 unspecified atom stereocenters. The Morgan fingerprint density at radius 3 is 2.69 bits per heavy atom. The van der Waals surface area contributed by atoms with Crippen molar-refractivity contribution >= 4 is 17.9 Å². The Balaban J connectivity index is 1.92. The van der Waals surface area contributed by atoms with Gasteiger partial charge in [-0.2, -0.15) is 0 Å². The van der Waals surface area contributed by atoms with Gasteiger partial charge in [-0.1, -0.05) is 5.57 Å². The fraction of sp³-hybridized carbons (Fsp3) is 0.261. The van der Waals surface area contributed by atoms with Crippen LogP contribution in [0.3, 0.4) is 0 Å². The van der Waals surface area contributed by atoms with Gasteiger partial charge >= 0.3 is 17.9 Å². The third-order valence-electron chi connectivity index (χ3n) is 4.71. The molecule has 2 N–H and O–H groups in total. The highest BCUT2D eigenvalue weighted by Gasteiger charge is 2.30. The lowest BCUT2D eigenvalue weighted by atomic mass is 10.1. The number of carbonyl (C=O) groups excluding carboxylic acids is 2. The summed E-state index contributed by atoms with van der Waals surface area (Å²) in [6.45, 7) is 3.19. The van der Waals surface area contributed by atoms with Crippen LogP contribution in [0.4, 0.5) is 0 Å². The summed E-state index contributed by atoms with van der Waals surface area (Å²) >= 11 is 0. The van der Waals surface area contributed by atoms with E-state index in [1.807, 2.05) is 0 Å². The van der Waals surface area contributed by atoms with E-state index in [0.29, 0.717) is 11.1 Å². The van der Waals surface area contributed by atoms with Crippen molar-refractivity contribution < 1.29 is 43.5 Å². The first-order valence-electron chi connectivity index (χ1n) is 9.67. The van der Waals surface area contributed by atoms with E-state index in [4.69, 9.17) is 24.1 Å². The molecule has 0 atom stereocenters. The molecule has 0 bridgehead atoms. The van der Waals surface area contributed by atoms with Crippen molar-refractivity contribution in [3.8, 4) is 23.0 Å². The van der Waals surface area contributed by atoms with Crippen LogP contribution < -0.4 is 9.47 Å². The number of ether oxygens (including phenoxy) is 4. The van der Waals surface area contributed by atoms with Crippen LogP contribution in [0.2, 0.25) is 0 Å². The van der Waals surface area contributed by atoms with Gasteiger partial charge in [0.2, 0.25) is 0 Å². The first kappa shape index (κ1) is 22.7. The van der Waals surface area contributed by atoms with Crippen LogP contribution in [0.25, 0.3) is 0 Å². The summed E-state index contributed by atoms with van der Waals surface area (Å²) in [5.41, 5.74) is 1.65. The van der Waals surface area contributed by atoms with Gasteiger partial charge < -0.3 is 29.2 Å². The molecule has 9 heteroatoms. The number of hydrogen-bond donors (Lipinski definition) is 2. The molecule has 1 aliphatic heterocycles. The molecular formula is C23H22O9. The summed E-state index contributed by atoms with van der Waals surface area (Å²) in [6.07, 6.45) is 1.26. The highest BCUT2D eigenvalue weighted by Crippen LogP contribution is 2.42. The van der Waals surface area contributed by atoms with Crippen LogP contribution >= 0.6 is 0 Å². The minimum atomic E-state index is -1.08. The van der Waals surface area contributed by atoms with Crippen LogP contribution in [-0.4, -0.2) is 41.8 Å². The van der Waals surface area contributed by atoms with E-state index in [2.05, 4.69) is 0 Å². The molecule has 0 aromatic heterocycles. The SMILES string of the molecule is COc1c(C(=O)OCC/C(C)=C/C(=O)O)ccc2c1C(=O)OCc1cc(C)cc(O)c1O2. The number of aliphatic carboxylic acids is 1. The van der Waals surface area contributed by atoms with Crippen molar-refractivity contribution in [1.29, 1.82) is 0 Å². The lowest BCUT2D eigenvalue weighted by molar-refractivity contribution is -0.131. The number of aromatic hydroxyl groups is 1. The van der Waals surface area contributed by atoms with Gasteiger partial charge in [0.25, 0.3) is 0 Å². The number of cyclic esters (lactones) is 1. The second kappa shape index (κ2) is 9.42. The lowest BCUT2D eigenvalue weighted by Gasteiger charge is -2.21. The zero-order valence-electron chi connectivity index (χ0n) is 17.8. The molecule has 0 amide bonds. The predicted octanol–water partition coefficient (Wildman–Crippen LogP) is 3.75. The molecule has 0 radical (unpaired) electrons. The smallest absolute Gasteiger partial charge is 0.346 e. The molecule has 0 aliphatic carbocycles. The van der Waals surface area contributed by atoms with E-state index >= 15 is 0 Å². The van der Waals surface area contributed by atoms with Crippen LogP contribution in [-0.2, 0) is 20.9 Å². The topological polar surface area (TPSA) is 129 Å². The van der Waals surface area contributed by atoms with E-state index in [-0.39, 0.29) is 53.8 Å². The Morgan fingerprint density at radius 2 is 2.00 bits per heavy atom. The summed E-state index contributed by atoms with van der Waals surface area (Å²) in [5, 5.41) is 19.0. The molecule has 32 heavy (non-hydrogen) atoms. The van der Waals surface area contributed by atoms with Gasteiger partial charge in [-0.3, -0.25) is 0 Å². The average molecular weight is 442 g/mol. The van der Waals surface area contributed by atoms with Crippen LogP contribution in [0.15, 0.2) is 35.9 Å². The lowest BCUT2D eigenvalue weighted by Crippen LogP contribution is -2.16. The standard InChI is InChI=1S/C23H22O9/c1-12(10-18(25)26)6-7-30-22(27)15-4-5-17-19(21(15)29-3)23(28)31-11-14-8-13(2)9-16(24)20(14)32-17/h4-5,8-10,24H,6-7,11H2,1-3H3,(H,25,26)/b12-10+. The minimum Gasteiger partial charge on any atom is -0.504 e. The first-order chi connectivity index (χ1) is 15.2. The van der Waals surface area contributed by atoms with Crippen molar-refractivity contribution in [2.24, 2.45) is 0 Å². The van der Waals surface area contributed by atoms with Crippen LogP contribution in [0.5, 0.6) is 23.0 Å². The van der Waals surface area contributed by atoms with E-state index in [0.717, 1.165) is 11.6 Å². The van der Waals surface area contributed by atoms with Crippen molar-refractivity contribution in [2.45, 2.75) is 26.9 Å². The van der Waals surface area contributed by atoms with E-state index in [1.165, 1.54) is 25.3 Å². The number of esters is 2. The highest BCUT2D eigenvalue weighted by atomic mass is 16.6. The number of carbonyl (C=O) groups is 3. The normalized spacial score (nSPS) is 13.0. The number of rotatable bonds is 6. The minimum absolute atomic E-state index is 0.0272. The molecule has 9 nitrogen and oxygen atoms in total. The summed E-state index contributed by atoms with van der Waals surface area (Å²) in [6, 6.07) is 6.02. The number of phenolic OH excluding ortho intramolecular Hbond substituents is 1. The molecule has 0 fully saturated rings. The second-order valence-corrected chi connectivity index (χ2v) is 7.18. The molecule has 0 saturated carbocycles. The molecule has 3 rings (SSSR count). The largest absolute Gasteiger partial charge is 0.504 e. The Labute approximate surface area is 183 Å². The van der Waals surface area contributed by atoms with Gasteiger partial charge in [-0.05, 0) is 43.7 Å². The quantitative estimate of drug-likeness (QED) is 0.507. The van der Waals surface area contributed by atoms with Crippen molar-refractivity contribution in [1.82, 2.24) is 0 Å². The van der Waals surface area contributed by atoms with Gasteiger partial charge in [-0.15, -0.1) is 0 Å². The zero-order valence-corrected chi connectivity index (χ0v) is 17.8. The molecule has 2 aromatic rings. The number of hydrogen-bond acceptors (Lipinski definition) is 8. The Bertz CT molecular complexity index is 1110. The molecule has 0 saturated heterocycles. The maximum absolute atomic E-state index is 12.7. The Hall–Kier alpha value is -4.01. The molecule has 0 spiro atoms. The van der Waals surface area contributed by atoms with Gasteiger partial charge in [0.15, 0.2) is 17.2 Å². The van der Waals surface area contributed by atoms with Gasteiger partial charge in [0.1, 0.15) is 23.5 Å². The predicted molar refractivity (Wildman–Crippen MR) is 111 cm³/mol. The monoisotopic (exact) mass is 442 g/mol. The van der Waals surface area contributed by atoms with Crippen molar-refractivity contribution in [2.75, 3.05) is 13.7 Å². The number of carboxylic acid groups (broad SMARTS) is 1. The maximum Gasteiger partial charge on any atom is 0.346 e. The van der Waals surface area contributed by atoms with Crippen molar-refractivity contribution in [3.63, 3.8) is 0 Å². The maximum atomic E-state index is 12.7. The zero-order chi connectivity index (χ0) is 23.4. The van der Waals surface area contributed by atoms with Crippen LogP contribution in [0, 0.1) is 6.92 Å². The summed E-state index contributed by atoms with van der Waals surface area (Å²) < 4.78 is 21.7. The van der Waals surface area contributed by atoms with E-state index < -0.39 is 17.9 Å². The molecule has 1 heterocycles. The highest BCUT2D eigenvalue weighted by molar-refractivity contribution is 6.02. The number of methoxy groups -OCH3 is 1. The third kappa shape index (κ3) is 4.83. The third-order valence-corrected chi connectivity index (χ3v) is 4.71. The summed E-state index contributed by atoms with van der Waals surface area (Å²) in [4.78, 5) is 36.0. The summed E-state index contributed by atoms with van der Waals surface area (Å²) in [7, 11) is 1.28. The average Bonchev–Trinajstić information content (AvgIpc) is 2.71. The Morgan fingerprint density at radius 1 is 1.25 bits per heavy atom. The van der Waals surface area contributed by atoms with Gasteiger partial charge in [0.05, 0.1) is 13.7 Å². The molecule has 2 aromatic carbocycles. The van der Waals surface area contributed by atoms with Crippen molar-refractivity contribution in [3.05, 3.63) is 58.2 Å². The molecular weight excluding hydrogens is 420 g/mol. The van der Waals surface area contributed by atoms with Gasteiger partial charge in [-0.25, -0.2) is 14.4 Å². The molecule has 168 valence electrons. The number of aryl methyl sites for hydroxylation is 1. The van der Waals surface area contributed by atoms with Crippen LogP contribution in [0.1, 0.15) is 45.2 Å². The fourth-order valence-electron chi connectivity index (χ4n) is 3.26. The molecule has 1 aliphatic rings. The fourth-order valence-corrected chi connectivity index (χ4v) is 3.26. The number of phenols is 1. The number of benzene rings is 2. The number of carboxylic acids is 1. The van der Waals surface area contributed by atoms with E-state index in [9.17, 15) is 19.5 Å². The number of fused-ring (bicyclic) bond motifs is 2. The van der Waals surface area contributed by atoms with E-state index in [1.54, 1.807) is 19.9 Å². The first-order valence-corrected chi connectivity index (χ1v) is 9.67.